The van der Waals surface area contributed by atoms with Gasteiger partial charge in [0.25, 0.3) is 0 Å². The molecule has 0 bridgehead atoms. The molecular weight excluding hydrogens is 260 g/mol. The van der Waals surface area contributed by atoms with Gasteiger partial charge in [-0.3, -0.25) is 0 Å². The molecule has 2 unspecified atom stereocenters. The summed E-state index contributed by atoms with van der Waals surface area (Å²) < 4.78 is 4.94. The molecule has 1 aromatic rings. The number of rotatable bonds is 5. The van der Waals surface area contributed by atoms with Crippen molar-refractivity contribution in [1.29, 1.82) is 0 Å². The molecule has 19 heavy (non-hydrogen) atoms. The second-order valence-electron chi connectivity index (χ2n) is 5.04. The Morgan fingerprint density at radius 3 is 3.11 bits per heavy atom. The lowest BCUT2D eigenvalue weighted by Crippen LogP contribution is -2.27. The fourth-order valence-electron chi connectivity index (χ4n) is 2.61. The fourth-order valence-corrected chi connectivity index (χ4v) is 3.36. The molecule has 0 aromatic carbocycles. The quantitative estimate of drug-likeness (QED) is 0.837. The number of carbonyl (C=O) groups excluding carboxylic acids is 1. The zero-order valence-corrected chi connectivity index (χ0v) is 12.5. The molecule has 2 atom stereocenters. The molecule has 1 aromatic heterocycles. The van der Waals surface area contributed by atoms with Crippen LogP contribution in [0.1, 0.15) is 56.4 Å². The maximum Gasteiger partial charge on any atom is 0.357 e. The number of ether oxygens (including phenoxy) is 1. The summed E-state index contributed by atoms with van der Waals surface area (Å²) >= 11 is 1.48. The minimum Gasteiger partial charge on any atom is -0.461 e. The van der Waals surface area contributed by atoms with Gasteiger partial charge in [-0.15, -0.1) is 11.3 Å². The Labute approximate surface area is 118 Å². The van der Waals surface area contributed by atoms with Gasteiger partial charge in [0.2, 0.25) is 0 Å². The highest BCUT2D eigenvalue weighted by Gasteiger charge is 2.21. The van der Waals surface area contributed by atoms with E-state index >= 15 is 0 Å². The van der Waals surface area contributed by atoms with Gasteiger partial charge in [-0.25, -0.2) is 9.78 Å². The van der Waals surface area contributed by atoms with Crippen LogP contribution in [0.15, 0.2) is 5.38 Å². The third-order valence-corrected chi connectivity index (χ3v) is 4.45. The standard InChI is InChI=1S/C14H22N2O2S/c1-3-10-6-5-7-11(8-10)15-14-16-12(9-19-14)13(17)18-4-2/h9-11H,3-8H2,1-2H3,(H,15,16). The smallest absolute Gasteiger partial charge is 0.357 e. The van der Waals surface area contributed by atoms with E-state index in [0.717, 1.165) is 11.0 Å². The van der Waals surface area contributed by atoms with Crippen molar-refractivity contribution in [1.82, 2.24) is 4.98 Å². The van der Waals surface area contributed by atoms with E-state index in [-0.39, 0.29) is 5.97 Å². The summed E-state index contributed by atoms with van der Waals surface area (Å²) in [5.74, 6) is 0.498. The van der Waals surface area contributed by atoms with Crippen molar-refractivity contribution in [2.75, 3.05) is 11.9 Å². The number of nitrogens with zero attached hydrogens (tertiary/aromatic N) is 1. The van der Waals surface area contributed by atoms with Crippen molar-refractivity contribution in [3.05, 3.63) is 11.1 Å². The van der Waals surface area contributed by atoms with E-state index in [1.807, 2.05) is 0 Å². The predicted molar refractivity (Wildman–Crippen MR) is 77.7 cm³/mol. The molecule has 2 rings (SSSR count). The van der Waals surface area contributed by atoms with Gasteiger partial charge in [-0.2, -0.15) is 0 Å². The van der Waals surface area contributed by atoms with Gasteiger partial charge in [0, 0.05) is 11.4 Å². The van der Waals surface area contributed by atoms with Crippen LogP contribution in [-0.2, 0) is 4.74 Å². The Morgan fingerprint density at radius 1 is 1.53 bits per heavy atom. The topological polar surface area (TPSA) is 51.2 Å². The maximum atomic E-state index is 11.5. The first-order valence-electron chi connectivity index (χ1n) is 7.12. The second kappa shape index (κ2) is 6.89. The third kappa shape index (κ3) is 3.93. The first-order valence-corrected chi connectivity index (χ1v) is 8.00. The molecule has 1 fully saturated rings. The van der Waals surface area contributed by atoms with Crippen LogP contribution < -0.4 is 5.32 Å². The van der Waals surface area contributed by atoms with Crippen molar-refractivity contribution in [3.8, 4) is 0 Å². The van der Waals surface area contributed by atoms with Crippen LogP contribution >= 0.6 is 11.3 Å². The average Bonchev–Trinajstić information content (AvgIpc) is 2.88. The van der Waals surface area contributed by atoms with Crippen molar-refractivity contribution in [3.63, 3.8) is 0 Å². The summed E-state index contributed by atoms with van der Waals surface area (Å²) in [6.45, 7) is 4.45. The Hall–Kier alpha value is -1.10. The van der Waals surface area contributed by atoms with Crippen molar-refractivity contribution < 1.29 is 9.53 Å². The van der Waals surface area contributed by atoms with Crippen LogP contribution in [0.3, 0.4) is 0 Å². The Bertz CT molecular complexity index is 419. The molecule has 106 valence electrons. The molecule has 4 nitrogen and oxygen atoms in total. The van der Waals surface area contributed by atoms with Crippen LogP contribution in [0.4, 0.5) is 5.13 Å². The number of hydrogen-bond donors (Lipinski definition) is 1. The van der Waals surface area contributed by atoms with E-state index in [1.165, 1.54) is 43.4 Å². The Kier molecular flexibility index (Phi) is 5.19. The molecular formula is C14H22N2O2S. The van der Waals surface area contributed by atoms with E-state index in [2.05, 4.69) is 17.2 Å². The number of aromatic nitrogens is 1. The largest absolute Gasteiger partial charge is 0.461 e. The van der Waals surface area contributed by atoms with Crippen molar-refractivity contribution in [2.45, 2.75) is 52.0 Å². The number of anilines is 1. The molecule has 0 amide bonds. The minimum absolute atomic E-state index is 0.332. The van der Waals surface area contributed by atoms with Gasteiger partial charge >= 0.3 is 5.97 Å². The van der Waals surface area contributed by atoms with E-state index in [0.29, 0.717) is 18.3 Å². The molecule has 1 saturated carbocycles. The third-order valence-electron chi connectivity index (χ3n) is 3.68. The number of carbonyl (C=O) groups is 1. The second-order valence-corrected chi connectivity index (χ2v) is 5.90. The van der Waals surface area contributed by atoms with Gasteiger partial charge in [-0.05, 0) is 25.7 Å². The normalized spacial score (nSPS) is 23.1. The fraction of sp³-hybridized carbons (Fsp3) is 0.714. The lowest BCUT2D eigenvalue weighted by Gasteiger charge is -2.28. The molecule has 5 heteroatoms. The highest BCUT2D eigenvalue weighted by atomic mass is 32.1. The predicted octanol–water partition coefficient (Wildman–Crippen LogP) is 3.70. The number of esters is 1. The molecule has 1 aliphatic rings. The number of thiazole rings is 1. The van der Waals surface area contributed by atoms with Crippen LogP contribution in [0.25, 0.3) is 0 Å². The first-order chi connectivity index (χ1) is 9.22. The Balaban J connectivity index is 1.90. The first kappa shape index (κ1) is 14.3. The van der Waals surface area contributed by atoms with Gasteiger partial charge in [0.15, 0.2) is 10.8 Å². The van der Waals surface area contributed by atoms with E-state index < -0.39 is 0 Å². The summed E-state index contributed by atoms with van der Waals surface area (Å²) in [6, 6.07) is 0.500. The molecule has 0 radical (unpaired) electrons. The van der Waals surface area contributed by atoms with Gasteiger partial charge in [0.1, 0.15) is 0 Å². The molecule has 0 saturated heterocycles. The van der Waals surface area contributed by atoms with Crippen LogP contribution in [0.5, 0.6) is 0 Å². The molecule has 1 aliphatic carbocycles. The minimum atomic E-state index is -0.332. The molecule has 0 aliphatic heterocycles. The summed E-state index contributed by atoms with van der Waals surface area (Å²) in [7, 11) is 0. The zero-order chi connectivity index (χ0) is 13.7. The zero-order valence-electron chi connectivity index (χ0n) is 11.6. The van der Waals surface area contributed by atoms with Gasteiger partial charge in [-0.1, -0.05) is 26.2 Å². The molecule has 1 N–H and O–H groups in total. The maximum absolute atomic E-state index is 11.5. The summed E-state index contributed by atoms with van der Waals surface area (Å²) in [5, 5.41) is 6.06. The highest BCUT2D eigenvalue weighted by molar-refractivity contribution is 7.13. The Morgan fingerprint density at radius 2 is 2.37 bits per heavy atom. The average molecular weight is 282 g/mol. The number of nitrogens with one attached hydrogen (secondary N) is 1. The number of hydrogen-bond acceptors (Lipinski definition) is 5. The van der Waals surface area contributed by atoms with Crippen LogP contribution in [0.2, 0.25) is 0 Å². The monoisotopic (exact) mass is 282 g/mol. The lowest BCUT2D eigenvalue weighted by atomic mass is 9.84. The summed E-state index contributed by atoms with van der Waals surface area (Å²) in [6.07, 6.45) is 6.30. The van der Waals surface area contributed by atoms with Crippen molar-refractivity contribution >= 4 is 22.4 Å². The van der Waals surface area contributed by atoms with E-state index in [1.54, 1.807) is 12.3 Å². The lowest BCUT2D eigenvalue weighted by molar-refractivity contribution is 0.0520. The van der Waals surface area contributed by atoms with Gasteiger partial charge < -0.3 is 10.1 Å². The van der Waals surface area contributed by atoms with Crippen LogP contribution in [0, 0.1) is 5.92 Å². The summed E-state index contributed by atoms with van der Waals surface area (Å²) in [4.78, 5) is 15.8. The van der Waals surface area contributed by atoms with Crippen LogP contribution in [-0.4, -0.2) is 23.6 Å². The van der Waals surface area contributed by atoms with E-state index in [4.69, 9.17) is 4.74 Å². The molecule has 0 spiro atoms. The summed E-state index contributed by atoms with van der Waals surface area (Å²) in [5.41, 5.74) is 0.414. The molecule has 1 heterocycles. The van der Waals surface area contributed by atoms with Crippen molar-refractivity contribution in [2.24, 2.45) is 5.92 Å². The SMILES string of the molecule is CCOC(=O)c1csc(NC2CCCC(CC)C2)n1. The van der Waals surface area contributed by atoms with E-state index in [9.17, 15) is 4.79 Å². The van der Waals surface area contributed by atoms with Gasteiger partial charge in [0.05, 0.1) is 6.61 Å². The highest BCUT2D eigenvalue weighted by Crippen LogP contribution is 2.29.